The van der Waals surface area contributed by atoms with E-state index in [-0.39, 0.29) is 11.9 Å². The van der Waals surface area contributed by atoms with E-state index in [1.165, 1.54) is 19.1 Å². The van der Waals surface area contributed by atoms with Gasteiger partial charge in [-0.25, -0.2) is 4.98 Å². The van der Waals surface area contributed by atoms with Crippen LogP contribution in [0.4, 0.5) is 0 Å². The maximum Gasteiger partial charge on any atom is 0.273 e. The topological polar surface area (TPSA) is 81.2 Å². The van der Waals surface area contributed by atoms with Gasteiger partial charge in [-0.15, -0.1) is 0 Å². The number of carbonyl (C=O) groups excluding carboxylic acids is 1. The first-order valence-electron chi connectivity index (χ1n) is 7.68. The molecule has 0 aliphatic rings. The van der Waals surface area contributed by atoms with E-state index in [9.17, 15) is 4.79 Å². The van der Waals surface area contributed by atoms with Crippen molar-refractivity contribution in [1.29, 1.82) is 0 Å². The number of nitrogens with zero attached hydrogens (tertiary/aromatic N) is 1. The van der Waals surface area contributed by atoms with Crippen molar-refractivity contribution < 1.29 is 9.21 Å². The Morgan fingerprint density at radius 2 is 2.05 bits per heavy atom. The van der Waals surface area contributed by atoms with E-state index in [1.54, 1.807) is 0 Å². The molecule has 5 heteroatoms. The van der Waals surface area contributed by atoms with Gasteiger partial charge in [0.05, 0.1) is 6.04 Å². The van der Waals surface area contributed by atoms with Gasteiger partial charge in [-0.3, -0.25) is 4.79 Å². The Kier molecular flexibility index (Phi) is 7.95. The minimum atomic E-state index is -0.221. The molecule has 1 rings (SSSR count). The van der Waals surface area contributed by atoms with E-state index in [1.807, 2.05) is 0 Å². The summed E-state index contributed by atoms with van der Waals surface area (Å²) in [6.07, 6.45) is 8.87. The van der Waals surface area contributed by atoms with E-state index in [0.29, 0.717) is 18.1 Å². The van der Waals surface area contributed by atoms with Crippen molar-refractivity contribution in [2.24, 2.45) is 5.73 Å². The third-order valence-electron chi connectivity index (χ3n) is 3.26. The van der Waals surface area contributed by atoms with Crippen molar-refractivity contribution in [1.82, 2.24) is 10.3 Å². The van der Waals surface area contributed by atoms with Crippen LogP contribution >= 0.6 is 0 Å². The van der Waals surface area contributed by atoms with Gasteiger partial charge in [-0.05, 0) is 12.8 Å². The molecule has 20 heavy (non-hydrogen) atoms. The molecular weight excluding hydrogens is 254 g/mol. The third-order valence-corrected chi connectivity index (χ3v) is 3.26. The molecule has 0 radical (unpaired) electrons. The lowest BCUT2D eigenvalue weighted by Gasteiger charge is -2.05. The van der Waals surface area contributed by atoms with Gasteiger partial charge in [0.25, 0.3) is 5.91 Å². The Balaban J connectivity index is 2.36. The van der Waals surface area contributed by atoms with E-state index >= 15 is 0 Å². The van der Waals surface area contributed by atoms with Gasteiger partial charge in [-0.2, -0.15) is 0 Å². The first-order chi connectivity index (χ1) is 9.69. The van der Waals surface area contributed by atoms with Crippen LogP contribution in [-0.2, 0) is 0 Å². The molecule has 1 aromatic rings. The molecule has 0 aliphatic carbocycles. The zero-order chi connectivity index (χ0) is 14.8. The Morgan fingerprint density at radius 1 is 1.30 bits per heavy atom. The van der Waals surface area contributed by atoms with Gasteiger partial charge >= 0.3 is 0 Å². The average molecular weight is 281 g/mol. The minimum absolute atomic E-state index is 0.181. The lowest BCUT2D eigenvalue weighted by molar-refractivity contribution is 0.0948. The monoisotopic (exact) mass is 281 g/mol. The zero-order valence-corrected chi connectivity index (χ0v) is 12.7. The number of carbonyl (C=O) groups is 1. The third kappa shape index (κ3) is 5.74. The SMILES string of the molecule is CCCCCCNC(=O)c1coc(C(N)CCCC)n1. The molecule has 1 atom stereocenters. The molecule has 0 spiro atoms. The summed E-state index contributed by atoms with van der Waals surface area (Å²) in [4.78, 5) is 16.0. The number of oxazole rings is 1. The van der Waals surface area contributed by atoms with Gasteiger partial charge in [0, 0.05) is 6.54 Å². The van der Waals surface area contributed by atoms with E-state index < -0.39 is 0 Å². The second-order valence-corrected chi connectivity index (χ2v) is 5.14. The number of aromatic nitrogens is 1. The Hall–Kier alpha value is -1.36. The standard InChI is InChI=1S/C15H27N3O2/c1-3-5-7-8-10-17-14(19)13-11-20-15(18-13)12(16)9-6-4-2/h11-12H,3-10,16H2,1-2H3,(H,17,19). The number of unbranched alkanes of at least 4 members (excludes halogenated alkanes) is 4. The summed E-state index contributed by atoms with van der Waals surface area (Å²) in [5, 5.41) is 2.85. The molecule has 3 N–H and O–H groups in total. The fourth-order valence-electron chi connectivity index (χ4n) is 1.95. The highest BCUT2D eigenvalue weighted by Gasteiger charge is 2.16. The Morgan fingerprint density at radius 3 is 2.75 bits per heavy atom. The predicted octanol–water partition coefficient (Wildman–Crippen LogP) is 3.17. The quantitative estimate of drug-likeness (QED) is 0.645. The maximum atomic E-state index is 11.9. The molecular formula is C15H27N3O2. The lowest BCUT2D eigenvalue weighted by Crippen LogP contribution is -2.25. The highest BCUT2D eigenvalue weighted by atomic mass is 16.3. The first-order valence-corrected chi connectivity index (χ1v) is 7.68. The van der Waals surface area contributed by atoms with Crippen LogP contribution in [0, 0.1) is 0 Å². The molecule has 0 saturated heterocycles. The molecule has 1 unspecified atom stereocenters. The summed E-state index contributed by atoms with van der Waals surface area (Å²) in [5.41, 5.74) is 6.28. The lowest BCUT2D eigenvalue weighted by atomic mass is 10.1. The van der Waals surface area contributed by atoms with Crippen LogP contribution < -0.4 is 11.1 Å². The largest absolute Gasteiger partial charge is 0.446 e. The fraction of sp³-hybridized carbons (Fsp3) is 0.733. The number of nitrogens with two attached hydrogens (primary N) is 1. The maximum absolute atomic E-state index is 11.9. The van der Waals surface area contributed by atoms with E-state index in [2.05, 4.69) is 24.1 Å². The number of rotatable bonds is 10. The predicted molar refractivity (Wildman–Crippen MR) is 79.4 cm³/mol. The molecule has 1 heterocycles. The molecule has 0 fully saturated rings. The van der Waals surface area contributed by atoms with E-state index in [4.69, 9.17) is 10.2 Å². The molecule has 0 aliphatic heterocycles. The van der Waals surface area contributed by atoms with Crippen molar-refractivity contribution in [3.05, 3.63) is 17.8 Å². The van der Waals surface area contributed by atoms with Gasteiger partial charge in [-0.1, -0.05) is 46.0 Å². The van der Waals surface area contributed by atoms with Crippen LogP contribution in [0.5, 0.6) is 0 Å². The van der Waals surface area contributed by atoms with Crippen molar-refractivity contribution in [2.75, 3.05) is 6.54 Å². The average Bonchev–Trinajstić information content (AvgIpc) is 2.94. The smallest absolute Gasteiger partial charge is 0.273 e. The van der Waals surface area contributed by atoms with Crippen molar-refractivity contribution in [3.63, 3.8) is 0 Å². The van der Waals surface area contributed by atoms with Crippen molar-refractivity contribution >= 4 is 5.91 Å². The summed E-state index contributed by atoms with van der Waals surface area (Å²) in [5.74, 6) is 0.272. The summed E-state index contributed by atoms with van der Waals surface area (Å²) in [6.45, 7) is 4.96. The number of nitrogens with one attached hydrogen (secondary N) is 1. The van der Waals surface area contributed by atoms with Crippen LogP contribution in [0.3, 0.4) is 0 Å². The van der Waals surface area contributed by atoms with Crippen LogP contribution in [0.2, 0.25) is 0 Å². The minimum Gasteiger partial charge on any atom is -0.446 e. The molecule has 114 valence electrons. The summed E-state index contributed by atoms with van der Waals surface area (Å²) < 4.78 is 5.29. The Labute approximate surface area is 121 Å². The zero-order valence-electron chi connectivity index (χ0n) is 12.7. The highest BCUT2D eigenvalue weighted by molar-refractivity contribution is 5.91. The highest BCUT2D eigenvalue weighted by Crippen LogP contribution is 2.16. The van der Waals surface area contributed by atoms with Crippen LogP contribution in [0.15, 0.2) is 10.7 Å². The number of hydrogen-bond donors (Lipinski definition) is 2. The molecule has 5 nitrogen and oxygen atoms in total. The summed E-state index contributed by atoms with van der Waals surface area (Å²) >= 11 is 0. The second kappa shape index (κ2) is 9.53. The van der Waals surface area contributed by atoms with Gasteiger partial charge in [0.1, 0.15) is 6.26 Å². The molecule has 1 amide bonds. The van der Waals surface area contributed by atoms with Gasteiger partial charge in [0.2, 0.25) is 5.89 Å². The molecule has 0 saturated carbocycles. The van der Waals surface area contributed by atoms with Gasteiger partial charge in [0.15, 0.2) is 5.69 Å². The number of amides is 1. The van der Waals surface area contributed by atoms with Crippen molar-refractivity contribution in [3.8, 4) is 0 Å². The van der Waals surface area contributed by atoms with Crippen LogP contribution in [0.25, 0.3) is 0 Å². The summed E-state index contributed by atoms with van der Waals surface area (Å²) in [7, 11) is 0. The first kappa shape index (κ1) is 16.7. The summed E-state index contributed by atoms with van der Waals surface area (Å²) in [6, 6.07) is -0.221. The van der Waals surface area contributed by atoms with Gasteiger partial charge < -0.3 is 15.5 Å². The molecule has 0 aromatic carbocycles. The molecule has 1 aromatic heterocycles. The molecule has 0 bridgehead atoms. The van der Waals surface area contributed by atoms with Crippen LogP contribution in [-0.4, -0.2) is 17.4 Å². The Bertz CT molecular complexity index is 390. The van der Waals surface area contributed by atoms with Crippen LogP contribution in [0.1, 0.15) is 81.2 Å². The normalized spacial score (nSPS) is 12.3. The fourth-order valence-corrected chi connectivity index (χ4v) is 1.95. The van der Waals surface area contributed by atoms with E-state index in [0.717, 1.165) is 32.1 Å². The van der Waals surface area contributed by atoms with Crippen molar-refractivity contribution in [2.45, 2.75) is 64.8 Å². The number of hydrogen-bond acceptors (Lipinski definition) is 4. The second-order valence-electron chi connectivity index (χ2n) is 5.14.